The third kappa shape index (κ3) is 3.72. The Balaban J connectivity index is 1.40. The van der Waals surface area contributed by atoms with Crippen LogP contribution >= 0.6 is 22.9 Å². The van der Waals surface area contributed by atoms with Gasteiger partial charge in [-0.1, -0.05) is 22.9 Å². The molecule has 27 heavy (non-hydrogen) atoms. The highest BCUT2D eigenvalue weighted by molar-refractivity contribution is 7.22. The number of fused-ring (bicyclic) bond motifs is 1. The van der Waals surface area contributed by atoms with Gasteiger partial charge in [0.1, 0.15) is 12.4 Å². The summed E-state index contributed by atoms with van der Waals surface area (Å²) >= 11 is 7.28. The highest BCUT2D eigenvalue weighted by Gasteiger charge is 2.31. The molecule has 3 amide bonds. The van der Waals surface area contributed by atoms with E-state index in [9.17, 15) is 14.0 Å². The Hall–Kier alpha value is -2.71. The van der Waals surface area contributed by atoms with Crippen LogP contribution in [0.2, 0.25) is 5.02 Å². The van der Waals surface area contributed by atoms with Gasteiger partial charge in [-0.25, -0.2) is 14.2 Å². The predicted molar refractivity (Wildman–Crippen MR) is 104 cm³/mol. The smallest absolute Gasteiger partial charge is 0.313 e. The second-order valence-corrected chi connectivity index (χ2v) is 7.48. The van der Waals surface area contributed by atoms with Gasteiger partial charge in [0.25, 0.3) is 0 Å². The van der Waals surface area contributed by atoms with Gasteiger partial charge in [0.05, 0.1) is 10.2 Å². The van der Waals surface area contributed by atoms with Gasteiger partial charge in [-0.2, -0.15) is 0 Å². The first-order valence-corrected chi connectivity index (χ1v) is 9.37. The fourth-order valence-corrected chi connectivity index (χ4v) is 4.03. The maximum absolute atomic E-state index is 13.0. The molecular weight excluding hydrogens is 391 g/mol. The average molecular weight is 405 g/mol. The van der Waals surface area contributed by atoms with Crippen LogP contribution in [-0.4, -0.2) is 41.5 Å². The van der Waals surface area contributed by atoms with Gasteiger partial charge in [-0.3, -0.25) is 9.69 Å². The van der Waals surface area contributed by atoms with Crippen LogP contribution < -0.4 is 10.2 Å². The number of benzene rings is 2. The molecule has 1 aromatic heterocycles. The number of hydrogen-bond donors (Lipinski definition) is 1. The van der Waals surface area contributed by atoms with E-state index in [2.05, 4.69) is 10.3 Å². The van der Waals surface area contributed by atoms with Crippen LogP contribution in [0.3, 0.4) is 0 Å². The van der Waals surface area contributed by atoms with Crippen LogP contribution in [0.25, 0.3) is 10.2 Å². The van der Waals surface area contributed by atoms with E-state index in [-0.39, 0.29) is 24.3 Å². The molecule has 2 heterocycles. The summed E-state index contributed by atoms with van der Waals surface area (Å²) in [6, 6.07) is 10.7. The summed E-state index contributed by atoms with van der Waals surface area (Å²) in [5.74, 6) is -0.687. The molecule has 0 atom stereocenters. The lowest BCUT2D eigenvalue weighted by molar-refractivity contribution is -0.116. The van der Waals surface area contributed by atoms with E-state index < -0.39 is 0 Å². The van der Waals surface area contributed by atoms with E-state index in [1.54, 1.807) is 30.3 Å². The van der Waals surface area contributed by atoms with Gasteiger partial charge in [-0.15, -0.1) is 0 Å². The first kappa shape index (κ1) is 17.7. The molecule has 4 rings (SSSR count). The van der Waals surface area contributed by atoms with Gasteiger partial charge in [0.15, 0.2) is 5.13 Å². The number of aromatic nitrogens is 1. The fourth-order valence-electron chi connectivity index (χ4n) is 2.87. The van der Waals surface area contributed by atoms with Gasteiger partial charge in [-0.05, 0) is 42.5 Å². The third-order valence-electron chi connectivity index (χ3n) is 4.16. The topological polar surface area (TPSA) is 65.5 Å². The van der Waals surface area contributed by atoms with Crippen LogP contribution in [0, 0.1) is 5.82 Å². The molecule has 138 valence electrons. The van der Waals surface area contributed by atoms with E-state index in [1.807, 2.05) is 0 Å². The molecule has 1 aliphatic rings. The van der Waals surface area contributed by atoms with Gasteiger partial charge in [0.2, 0.25) is 5.91 Å². The van der Waals surface area contributed by atoms with Gasteiger partial charge >= 0.3 is 6.03 Å². The standard InChI is InChI=1S/C18H14ClFN4O2S/c19-11-1-6-14-15(9-11)27-17(21-14)22-16(25)10-23-7-8-24(18(23)26)13-4-2-12(20)3-5-13/h1-6,9H,7-8,10H2,(H,21,22,25). The Bertz CT molecular complexity index is 1020. The number of urea groups is 1. The van der Waals surface area contributed by atoms with E-state index in [0.717, 1.165) is 10.2 Å². The van der Waals surface area contributed by atoms with Crippen molar-refractivity contribution in [2.45, 2.75) is 0 Å². The lowest BCUT2D eigenvalue weighted by Crippen LogP contribution is -2.37. The molecule has 0 aliphatic carbocycles. The summed E-state index contributed by atoms with van der Waals surface area (Å²) in [5.41, 5.74) is 1.35. The molecule has 0 spiro atoms. The van der Waals surface area contributed by atoms with E-state index >= 15 is 0 Å². The lowest BCUT2D eigenvalue weighted by Gasteiger charge is -2.18. The van der Waals surface area contributed by atoms with Crippen molar-refractivity contribution in [1.82, 2.24) is 9.88 Å². The normalized spacial score (nSPS) is 14.2. The molecule has 1 fully saturated rings. The molecule has 0 bridgehead atoms. The highest BCUT2D eigenvalue weighted by Crippen LogP contribution is 2.28. The maximum Gasteiger partial charge on any atom is 0.325 e. The number of rotatable bonds is 4. The second kappa shape index (κ2) is 7.13. The zero-order chi connectivity index (χ0) is 19.0. The van der Waals surface area contributed by atoms with Gasteiger partial charge < -0.3 is 10.2 Å². The van der Waals surface area contributed by atoms with Gasteiger partial charge in [0, 0.05) is 23.8 Å². The zero-order valence-corrected chi connectivity index (χ0v) is 15.6. The predicted octanol–water partition coefficient (Wildman–Crippen LogP) is 3.97. The molecule has 1 aliphatic heterocycles. The molecule has 2 aromatic carbocycles. The number of nitrogens with one attached hydrogen (secondary N) is 1. The number of anilines is 2. The minimum Gasteiger partial charge on any atom is -0.313 e. The lowest BCUT2D eigenvalue weighted by atomic mass is 10.3. The minimum absolute atomic E-state index is 0.0762. The Morgan fingerprint density at radius 1 is 1.22 bits per heavy atom. The molecule has 0 saturated carbocycles. The van der Waals surface area contributed by atoms with E-state index in [4.69, 9.17) is 11.6 Å². The molecular formula is C18H14ClFN4O2S. The maximum atomic E-state index is 13.0. The molecule has 9 heteroatoms. The first-order valence-electron chi connectivity index (χ1n) is 8.17. The van der Waals surface area contributed by atoms with E-state index in [0.29, 0.717) is 28.9 Å². The number of halogens is 2. The van der Waals surface area contributed by atoms with Crippen molar-refractivity contribution in [1.29, 1.82) is 0 Å². The Morgan fingerprint density at radius 2 is 2.00 bits per heavy atom. The first-order chi connectivity index (χ1) is 13.0. The van der Waals surface area contributed by atoms with Crippen LogP contribution in [0.15, 0.2) is 42.5 Å². The summed E-state index contributed by atoms with van der Waals surface area (Å²) in [6.07, 6.45) is 0. The number of carbonyl (C=O) groups excluding carboxylic acids is 2. The van der Waals surface area contributed by atoms with Crippen molar-refractivity contribution in [2.75, 3.05) is 29.9 Å². The quantitative estimate of drug-likeness (QED) is 0.715. The molecule has 6 nitrogen and oxygen atoms in total. The summed E-state index contributed by atoms with van der Waals surface area (Å²) in [6.45, 7) is 0.781. The highest BCUT2D eigenvalue weighted by atomic mass is 35.5. The Morgan fingerprint density at radius 3 is 2.78 bits per heavy atom. The van der Waals surface area contributed by atoms with Crippen LogP contribution in [0.4, 0.5) is 20.0 Å². The largest absolute Gasteiger partial charge is 0.325 e. The molecule has 1 saturated heterocycles. The van der Waals surface area contributed by atoms with Crippen molar-refractivity contribution in [2.24, 2.45) is 0 Å². The number of hydrogen-bond acceptors (Lipinski definition) is 4. The molecule has 0 unspecified atom stereocenters. The summed E-state index contributed by atoms with van der Waals surface area (Å²) < 4.78 is 13.9. The van der Waals surface area contributed by atoms with Crippen molar-refractivity contribution >= 4 is 55.9 Å². The summed E-state index contributed by atoms with van der Waals surface area (Å²) in [5, 5.41) is 3.79. The van der Waals surface area contributed by atoms with Crippen molar-refractivity contribution in [3.8, 4) is 0 Å². The Kier molecular flexibility index (Phi) is 4.67. The number of thiazole rings is 1. The van der Waals surface area contributed by atoms with E-state index in [1.165, 1.54) is 33.3 Å². The Labute approximate surface area is 163 Å². The number of amides is 3. The van der Waals surface area contributed by atoms with Crippen LogP contribution in [0.5, 0.6) is 0 Å². The summed E-state index contributed by atoms with van der Waals surface area (Å²) in [4.78, 5) is 32.1. The van der Waals surface area contributed by atoms with Crippen LogP contribution in [-0.2, 0) is 4.79 Å². The molecule has 3 aromatic rings. The number of carbonyl (C=O) groups is 2. The van der Waals surface area contributed by atoms with Crippen molar-refractivity contribution in [3.05, 3.63) is 53.3 Å². The average Bonchev–Trinajstić information content (AvgIpc) is 3.19. The number of nitrogens with zero attached hydrogens (tertiary/aromatic N) is 3. The second-order valence-electron chi connectivity index (χ2n) is 6.01. The zero-order valence-electron chi connectivity index (χ0n) is 14.0. The van der Waals surface area contributed by atoms with Crippen LogP contribution in [0.1, 0.15) is 0 Å². The minimum atomic E-state index is -0.362. The monoisotopic (exact) mass is 404 g/mol. The third-order valence-corrected chi connectivity index (χ3v) is 5.33. The summed E-state index contributed by atoms with van der Waals surface area (Å²) in [7, 11) is 0. The SMILES string of the molecule is O=C(CN1CCN(c2ccc(F)cc2)C1=O)Nc1nc2ccc(Cl)cc2s1. The molecule has 0 radical (unpaired) electrons. The van der Waals surface area contributed by atoms with Crippen molar-refractivity contribution in [3.63, 3.8) is 0 Å². The van der Waals surface area contributed by atoms with Crippen molar-refractivity contribution < 1.29 is 14.0 Å². The molecule has 1 N–H and O–H groups in total. The fraction of sp³-hybridized carbons (Fsp3) is 0.167.